The minimum atomic E-state index is -0.513. The summed E-state index contributed by atoms with van der Waals surface area (Å²) < 4.78 is 16.3. The predicted octanol–water partition coefficient (Wildman–Crippen LogP) is 4.65. The number of hydrazone groups is 1. The molecular weight excluding hydrogens is 533 g/mol. The van der Waals surface area contributed by atoms with Crippen LogP contribution in [0, 0.1) is 5.82 Å². The molecule has 3 N–H and O–H groups in total. The van der Waals surface area contributed by atoms with Crippen LogP contribution in [0.2, 0.25) is 0 Å². The van der Waals surface area contributed by atoms with Crippen LogP contribution < -0.4 is 10.7 Å². The normalized spacial score (nSPS) is 12.4. The number of H-pyrrole nitrogens is 1. The molecule has 0 bridgehead atoms. The molecule has 1 aliphatic rings. The summed E-state index contributed by atoms with van der Waals surface area (Å²) >= 11 is 0. The van der Waals surface area contributed by atoms with E-state index in [4.69, 9.17) is 4.98 Å². The van der Waals surface area contributed by atoms with Crippen molar-refractivity contribution in [2.45, 2.75) is 13.0 Å². The molecule has 204 valence electrons. The van der Waals surface area contributed by atoms with Gasteiger partial charge in [0.05, 0.1) is 47.3 Å². The third-order valence-electron chi connectivity index (χ3n) is 6.87. The van der Waals surface area contributed by atoms with Crippen LogP contribution in [0.25, 0.3) is 33.4 Å². The van der Waals surface area contributed by atoms with E-state index >= 15 is 4.39 Å². The number of pyridine rings is 4. The Bertz CT molecular complexity index is 1970. The number of halogens is 1. The van der Waals surface area contributed by atoms with Crippen LogP contribution in [-0.2, 0) is 17.8 Å². The van der Waals surface area contributed by atoms with Crippen molar-refractivity contribution in [3.05, 3.63) is 120 Å². The molecule has 7 rings (SSSR count). The van der Waals surface area contributed by atoms with E-state index in [1.807, 2.05) is 42.5 Å². The molecule has 1 aliphatic heterocycles. The largest absolute Gasteiger partial charge is 0.336 e. The van der Waals surface area contributed by atoms with Crippen molar-refractivity contribution in [3.63, 3.8) is 0 Å². The zero-order valence-electron chi connectivity index (χ0n) is 22.0. The summed E-state index contributed by atoms with van der Waals surface area (Å²) in [4.78, 5) is 38.1. The van der Waals surface area contributed by atoms with E-state index in [2.05, 4.69) is 40.8 Å². The molecule has 6 heterocycles. The fourth-order valence-corrected chi connectivity index (χ4v) is 4.93. The number of carbonyl (C=O) groups is 1. The number of hydrogen-bond acceptors (Lipinski definition) is 8. The van der Waals surface area contributed by atoms with Gasteiger partial charge in [0.2, 0.25) is 5.91 Å². The number of nitrogens with zero attached hydrogens (tertiary/aromatic N) is 6. The molecule has 0 aliphatic carbocycles. The molecule has 0 radical (unpaired) electrons. The van der Waals surface area contributed by atoms with E-state index in [0.29, 0.717) is 34.0 Å². The second-order valence-electron chi connectivity index (χ2n) is 9.66. The lowest BCUT2D eigenvalue weighted by Gasteiger charge is -2.18. The number of hydrogen-bond donors (Lipinski definition) is 3. The van der Waals surface area contributed by atoms with E-state index in [9.17, 15) is 4.79 Å². The molecule has 5 aromatic heterocycles. The molecule has 42 heavy (non-hydrogen) atoms. The molecule has 0 unspecified atom stereocenters. The first kappa shape index (κ1) is 25.1. The van der Waals surface area contributed by atoms with E-state index in [0.717, 1.165) is 16.6 Å². The maximum Gasteiger partial charge on any atom is 0.228 e. The van der Waals surface area contributed by atoms with Crippen LogP contribution in [0.1, 0.15) is 22.6 Å². The number of carbonyl (C=O) groups excluding carboxylic acids is 1. The summed E-state index contributed by atoms with van der Waals surface area (Å²) in [5.41, 5.74) is 8.77. The average molecular weight is 556 g/mol. The van der Waals surface area contributed by atoms with Crippen molar-refractivity contribution >= 4 is 28.3 Å². The summed E-state index contributed by atoms with van der Waals surface area (Å²) in [6.07, 6.45) is 9.82. The van der Waals surface area contributed by atoms with Gasteiger partial charge in [-0.15, -0.1) is 0 Å². The summed E-state index contributed by atoms with van der Waals surface area (Å²) in [6.45, 7) is 0.257. The molecule has 0 atom stereocenters. The van der Waals surface area contributed by atoms with Crippen LogP contribution in [0.4, 0.5) is 10.1 Å². The zero-order valence-corrected chi connectivity index (χ0v) is 22.0. The first-order chi connectivity index (χ1) is 20.6. The van der Waals surface area contributed by atoms with E-state index in [1.165, 1.54) is 18.6 Å². The molecule has 0 spiro atoms. The van der Waals surface area contributed by atoms with E-state index < -0.39 is 5.82 Å². The molecule has 1 aromatic carbocycles. The van der Waals surface area contributed by atoms with Crippen LogP contribution in [-0.4, -0.2) is 41.5 Å². The Hall–Kier alpha value is -5.84. The minimum absolute atomic E-state index is 0.199. The van der Waals surface area contributed by atoms with Crippen molar-refractivity contribution in [2.75, 3.05) is 5.32 Å². The Kier molecular flexibility index (Phi) is 6.36. The van der Waals surface area contributed by atoms with Gasteiger partial charge in [-0.2, -0.15) is 5.10 Å². The maximum atomic E-state index is 16.3. The summed E-state index contributed by atoms with van der Waals surface area (Å²) in [5.74, 6) is -0.343. The molecule has 6 aromatic rings. The highest BCUT2D eigenvalue weighted by atomic mass is 19.1. The SMILES string of the molecule is O=C(Cc1ccccc1)Nc1cncc(-c2cnc3c(c2F)C(c2nc4c(-c5cccnc5)nccc4[nH]2)=NNC3)c1. The number of rotatable bonds is 6. The number of fused-ring (bicyclic) bond motifs is 2. The average Bonchev–Trinajstić information content (AvgIpc) is 3.47. The highest BCUT2D eigenvalue weighted by molar-refractivity contribution is 6.14. The van der Waals surface area contributed by atoms with Crippen LogP contribution in [0.3, 0.4) is 0 Å². The number of aromatic amines is 1. The van der Waals surface area contributed by atoms with Gasteiger partial charge in [0.1, 0.15) is 17.0 Å². The number of nitrogens with one attached hydrogen (secondary N) is 3. The zero-order chi connectivity index (χ0) is 28.5. The fourth-order valence-electron chi connectivity index (χ4n) is 4.93. The Labute approximate surface area is 238 Å². The molecule has 11 heteroatoms. The molecule has 10 nitrogen and oxygen atoms in total. The van der Waals surface area contributed by atoms with E-state index in [-0.39, 0.29) is 35.7 Å². The smallest absolute Gasteiger partial charge is 0.228 e. The van der Waals surface area contributed by atoms with Gasteiger partial charge in [0.15, 0.2) is 5.82 Å². The van der Waals surface area contributed by atoms with Gasteiger partial charge < -0.3 is 15.7 Å². The standard InChI is InChI=1S/C31H22FN9O/c32-27-22(20-12-21(15-34-14-20)38-25(42)11-18-5-2-1-3-6-18)16-36-24-17-37-41-30(26(24)27)31-39-23-8-10-35-28(29(23)40-31)19-7-4-9-33-13-19/h1-10,12-16,37H,11,17H2,(H,38,42)(H,39,40). The molecule has 1 amide bonds. The minimum Gasteiger partial charge on any atom is -0.336 e. The topological polar surface area (TPSA) is 134 Å². The number of benzene rings is 1. The fraction of sp³-hybridized carbons (Fsp3) is 0.0645. The molecule has 0 fully saturated rings. The Morgan fingerprint density at radius 2 is 1.81 bits per heavy atom. The van der Waals surface area contributed by atoms with Gasteiger partial charge in [-0.1, -0.05) is 30.3 Å². The third-order valence-corrected chi connectivity index (χ3v) is 6.87. The van der Waals surface area contributed by atoms with Gasteiger partial charge in [0, 0.05) is 47.7 Å². The Morgan fingerprint density at radius 1 is 0.929 bits per heavy atom. The monoisotopic (exact) mass is 555 g/mol. The van der Waals surface area contributed by atoms with Gasteiger partial charge >= 0.3 is 0 Å². The second kappa shape index (κ2) is 10.6. The number of anilines is 1. The first-order valence-corrected chi connectivity index (χ1v) is 13.2. The van der Waals surface area contributed by atoms with Gasteiger partial charge in [-0.25, -0.2) is 9.37 Å². The lowest BCUT2D eigenvalue weighted by atomic mass is 9.99. The third kappa shape index (κ3) is 4.73. The van der Waals surface area contributed by atoms with Gasteiger partial charge in [0.25, 0.3) is 0 Å². The Morgan fingerprint density at radius 3 is 2.67 bits per heavy atom. The summed E-state index contributed by atoms with van der Waals surface area (Å²) in [6, 6.07) is 16.6. The van der Waals surface area contributed by atoms with Gasteiger partial charge in [-0.3, -0.25) is 24.7 Å². The van der Waals surface area contributed by atoms with E-state index in [1.54, 1.807) is 30.7 Å². The van der Waals surface area contributed by atoms with Crippen molar-refractivity contribution < 1.29 is 9.18 Å². The predicted molar refractivity (Wildman–Crippen MR) is 156 cm³/mol. The maximum absolute atomic E-state index is 16.3. The Balaban J connectivity index is 1.23. The van der Waals surface area contributed by atoms with Crippen molar-refractivity contribution in [1.82, 2.24) is 35.3 Å². The molecule has 0 saturated carbocycles. The number of amides is 1. The van der Waals surface area contributed by atoms with Gasteiger partial charge in [-0.05, 0) is 29.8 Å². The lowest BCUT2D eigenvalue weighted by molar-refractivity contribution is -0.115. The summed E-state index contributed by atoms with van der Waals surface area (Å²) in [7, 11) is 0. The second-order valence-corrected chi connectivity index (χ2v) is 9.66. The van der Waals surface area contributed by atoms with Crippen LogP contribution in [0.15, 0.2) is 96.9 Å². The van der Waals surface area contributed by atoms with Crippen molar-refractivity contribution in [2.24, 2.45) is 5.10 Å². The van der Waals surface area contributed by atoms with Crippen molar-refractivity contribution in [3.8, 4) is 22.4 Å². The number of aromatic nitrogens is 6. The van der Waals surface area contributed by atoms with Crippen LogP contribution >= 0.6 is 0 Å². The molecular formula is C31H22FN9O. The highest BCUT2D eigenvalue weighted by Crippen LogP contribution is 2.31. The molecule has 0 saturated heterocycles. The van der Waals surface area contributed by atoms with Crippen LogP contribution in [0.5, 0.6) is 0 Å². The summed E-state index contributed by atoms with van der Waals surface area (Å²) in [5, 5.41) is 7.27. The highest BCUT2D eigenvalue weighted by Gasteiger charge is 2.27. The number of imidazole rings is 1. The van der Waals surface area contributed by atoms with Crippen molar-refractivity contribution in [1.29, 1.82) is 0 Å². The quantitative estimate of drug-likeness (QED) is 0.272. The first-order valence-electron chi connectivity index (χ1n) is 13.2. The lowest BCUT2D eigenvalue weighted by Crippen LogP contribution is -2.25.